The number of carbonyl (C=O) groups excluding carboxylic acids is 1. The van der Waals surface area contributed by atoms with Crippen LogP contribution < -0.4 is 14.4 Å². The predicted molar refractivity (Wildman–Crippen MR) is 129 cm³/mol. The maximum Gasteiger partial charge on any atom is 0.260 e. The number of benzene rings is 2. The van der Waals surface area contributed by atoms with Crippen LogP contribution in [-0.4, -0.2) is 44.4 Å². The van der Waals surface area contributed by atoms with Crippen LogP contribution in [0.3, 0.4) is 0 Å². The second-order valence-electron chi connectivity index (χ2n) is 9.02. The second kappa shape index (κ2) is 9.08. The number of hydrogen-bond acceptors (Lipinski definition) is 6. The number of amides is 1. The molecule has 1 unspecified atom stereocenters. The SMILES string of the molecule is COc1ccc(OC)c2sc(N(CC3CCCO3)C(=O)c3ccc(C(C)(C)C)cc3)nc12. The van der Waals surface area contributed by atoms with Crippen molar-refractivity contribution in [2.45, 2.75) is 45.1 Å². The number of methoxy groups -OCH3 is 2. The summed E-state index contributed by atoms with van der Waals surface area (Å²) in [6.07, 6.45) is 1.95. The highest BCUT2D eigenvalue weighted by molar-refractivity contribution is 7.22. The van der Waals surface area contributed by atoms with Crippen molar-refractivity contribution in [3.8, 4) is 11.5 Å². The van der Waals surface area contributed by atoms with Crippen LogP contribution >= 0.6 is 11.3 Å². The Morgan fingerprint density at radius 3 is 2.41 bits per heavy atom. The van der Waals surface area contributed by atoms with Gasteiger partial charge in [0.05, 0.1) is 26.9 Å². The molecule has 1 aliphatic heterocycles. The molecule has 0 aliphatic carbocycles. The molecule has 4 rings (SSSR count). The number of fused-ring (bicyclic) bond motifs is 1. The van der Waals surface area contributed by atoms with Gasteiger partial charge in [-0.1, -0.05) is 44.2 Å². The van der Waals surface area contributed by atoms with Gasteiger partial charge in [-0.2, -0.15) is 0 Å². The summed E-state index contributed by atoms with van der Waals surface area (Å²) >= 11 is 1.43. The van der Waals surface area contributed by atoms with Crippen LogP contribution in [0, 0.1) is 0 Å². The summed E-state index contributed by atoms with van der Waals surface area (Å²) in [7, 11) is 3.25. The summed E-state index contributed by atoms with van der Waals surface area (Å²) in [4.78, 5) is 20.2. The molecule has 0 radical (unpaired) electrons. The Balaban J connectivity index is 1.74. The molecular formula is C25H30N2O4S. The standard InChI is InChI=1S/C25H30N2O4S/c1-25(2,3)17-10-8-16(9-11-17)23(28)27(15-18-7-6-14-31-18)24-26-21-19(29-4)12-13-20(30-5)22(21)32-24/h8-13,18H,6-7,14-15H2,1-5H3. The van der Waals surface area contributed by atoms with Crippen LogP contribution in [0.2, 0.25) is 0 Å². The minimum atomic E-state index is -0.0852. The minimum absolute atomic E-state index is 0.00333. The van der Waals surface area contributed by atoms with E-state index >= 15 is 0 Å². The Morgan fingerprint density at radius 1 is 1.12 bits per heavy atom. The molecule has 1 aromatic heterocycles. The van der Waals surface area contributed by atoms with E-state index in [0.29, 0.717) is 34.3 Å². The Labute approximate surface area is 193 Å². The molecule has 1 fully saturated rings. The van der Waals surface area contributed by atoms with E-state index in [1.807, 2.05) is 36.4 Å². The Hall–Kier alpha value is -2.64. The Bertz CT molecular complexity index is 1050. The molecule has 0 spiro atoms. The molecular weight excluding hydrogens is 424 g/mol. The first-order chi connectivity index (χ1) is 15.3. The third kappa shape index (κ3) is 4.45. The molecule has 6 nitrogen and oxygen atoms in total. The summed E-state index contributed by atoms with van der Waals surface area (Å²) < 4.78 is 17.7. The quantitative estimate of drug-likeness (QED) is 0.497. The third-order valence-corrected chi connectivity index (χ3v) is 6.88. The fourth-order valence-corrected chi connectivity index (χ4v) is 4.98. The number of ether oxygens (including phenoxy) is 3. The molecule has 7 heteroatoms. The van der Waals surface area contributed by atoms with Gasteiger partial charge in [-0.25, -0.2) is 4.98 Å². The van der Waals surface area contributed by atoms with Gasteiger partial charge < -0.3 is 14.2 Å². The first kappa shape index (κ1) is 22.6. The lowest BCUT2D eigenvalue weighted by Crippen LogP contribution is -2.37. The van der Waals surface area contributed by atoms with Gasteiger partial charge in [-0.05, 0) is 48.1 Å². The molecule has 0 bridgehead atoms. The number of rotatable bonds is 6. The molecule has 0 saturated carbocycles. The van der Waals surface area contributed by atoms with Gasteiger partial charge in [0, 0.05) is 12.2 Å². The predicted octanol–water partition coefficient (Wildman–Crippen LogP) is 5.44. The van der Waals surface area contributed by atoms with E-state index < -0.39 is 0 Å². The summed E-state index contributed by atoms with van der Waals surface area (Å²) in [6, 6.07) is 11.6. The summed E-state index contributed by atoms with van der Waals surface area (Å²) in [5.41, 5.74) is 2.54. The number of nitrogens with zero attached hydrogens (tertiary/aromatic N) is 2. The molecule has 1 atom stereocenters. The number of thiazole rings is 1. The van der Waals surface area contributed by atoms with Crippen molar-refractivity contribution >= 4 is 32.6 Å². The van der Waals surface area contributed by atoms with Crippen LogP contribution in [0.1, 0.15) is 49.5 Å². The number of carbonyl (C=O) groups is 1. The van der Waals surface area contributed by atoms with E-state index in [-0.39, 0.29) is 17.4 Å². The first-order valence-corrected chi connectivity index (χ1v) is 11.7. The van der Waals surface area contributed by atoms with Crippen molar-refractivity contribution in [2.24, 2.45) is 0 Å². The Kier molecular flexibility index (Phi) is 6.40. The summed E-state index contributed by atoms with van der Waals surface area (Å²) in [6.45, 7) is 7.68. The maximum atomic E-state index is 13.7. The zero-order chi connectivity index (χ0) is 22.9. The molecule has 1 saturated heterocycles. The van der Waals surface area contributed by atoms with Crippen LogP contribution in [-0.2, 0) is 10.2 Å². The molecule has 2 heterocycles. The van der Waals surface area contributed by atoms with E-state index in [1.54, 1.807) is 19.1 Å². The van der Waals surface area contributed by atoms with E-state index in [4.69, 9.17) is 19.2 Å². The van der Waals surface area contributed by atoms with Gasteiger partial charge in [0.2, 0.25) is 0 Å². The number of anilines is 1. The molecule has 1 aliphatic rings. The number of aromatic nitrogens is 1. The highest BCUT2D eigenvalue weighted by atomic mass is 32.1. The van der Waals surface area contributed by atoms with E-state index in [1.165, 1.54) is 16.9 Å². The highest BCUT2D eigenvalue weighted by Crippen LogP contribution is 2.40. The van der Waals surface area contributed by atoms with Crippen molar-refractivity contribution in [3.05, 3.63) is 47.5 Å². The fourth-order valence-electron chi connectivity index (χ4n) is 3.90. The van der Waals surface area contributed by atoms with Crippen LogP contribution in [0.5, 0.6) is 11.5 Å². The van der Waals surface area contributed by atoms with Crippen molar-refractivity contribution in [1.29, 1.82) is 0 Å². The van der Waals surface area contributed by atoms with Crippen molar-refractivity contribution in [2.75, 3.05) is 32.3 Å². The van der Waals surface area contributed by atoms with Crippen molar-refractivity contribution < 1.29 is 19.0 Å². The number of hydrogen-bond donors (Lipinski definition) is 0. The first-order valence-electron chi connectivity index (χ1n) is 10.9. The lowest BCUT2D eigenvalue weighted by molar-refractivity contribution is 0.0917. The lowest BCUT2D eigenvalue weighted by atomic mass is 9.86. The topological polar surface area (TPSA) is 60.9 Å². The Morgan fingerprint density at radius 2 is 1.81 bits per heavy atom. The van der Waals surface area contributed by atoms with E-state index in [9.17, 15) is 4.79 Å². The lowest BCUT2D eigenvalue weighted by Gasteiger charge is -2.24. The zero-order valence-corrected chi connectivity index (χ0v) is 20.1. The average Bonchev–Trinajstić information content (AvgIpc) is 3.45. The average molecular weight is 455 g/mol. The van der Waals surface area contributed by atoms with Gasteiger partial charge in [-0.3, -0.25) is 9.69 Å². The molecule has 170 valence electrons. The normalized spacial score (nSPS) is 16.3. The molecule has 0 N–H and O–H groups in total. The maximum absolute atomic E-state index is 13.7. The van der Waals surface area contributed by atoms with E-state index in [2.05, 4.69) is 20.8 Å². The zero-order valence-electron chi connectivity index (χ0n) is 19.3. The van der Waals surface area contributed by atoms with Gasteiger partial charge in [0.25, 0.3) is 5.91 Å². The third-order valence-electron chi connectivity index (χ3n) is 5.78. The van der Waals surface area contributed by atoms with Gasteiger partial charge in [-0.15, -0.1) is 0 Å². The minimum Gasteiger partial charge on any atom is -0.495 e. The van der Waals surface area contributed by atoms with Crippen molar-refractivity contribution in [3.63, 3.8) is 0 Å². The molecule has 32 heavy (non-hydrogen) atoms. The van der Waals surface area contributed by atoms with Gasteiger partial charge in [0.1, 0.15) is 21.7 Å². The summed E-state index contributed by atoms with van der Waals surface area (Å²) in [5.74, 6) is 1.28. The molecule has 1 amide bonds. The van der Waals surface area contributed by atoms with Crippen molar-refractivity contribution in [1.82, 2.24) is 4.98 Å². The molecule has 3 aromatic rings. The van der Waals surface area contributed by atoms with Crippen LogP contribution in [0.4, 0.5) is 5.13 Å². The van der Waals surface area contributed by atoms with Gasteiger partial charge in [0.15, 0.2) is 5.13 Å². The van der Waals surface area contributed by atoms with E-state index in [0.717, 1.165) is 24.1 Å². The largest absolute Gasteiger partial charge is 0.495 e. The van der Waals surface area contributed by atoms with Gasteiger partial charge >= 0.3 is 0 Å². The molecule has 2 aromatic carbocycles. The summed E-state index contributed by atoms with van der Waals surface area (Å²) in [5, 5.41) is 0.614. The van der Waals surface area contributed by atoms with Crippen LogP contribution in [0.15, 0.2) is 36.4 Å². The fraction of sp³-hybridized carbons (Fsp3) is 0.440. The van der Waals surface area contributed by atoms with Crippen LogP contribution in [0.25, 0.3) is 10.2 Å². The monoisotopic (exact) mass is 454 g/mol. The highest BCUT2D eigenvalue weighted by Gasteiger charge is 2.28. The smallest absolute Gasteiger partial charge is 0.260 e. The second-order valence-corrected chi connectivity index (χ2v) is 10.00.